The van der Waals surface area contributed by atoms with E-state index in [0.29, 0.717) is 5.69 Å². The fourth-order valence-corrected chi connectivity index (χ4v) is 3.70. The van der Waals surface area contributed by atoms with E-state index >= 15 is 0 Å². The van der Waals surface area contributed by atoms with Crippen molar-refractivity contribution in [3.05, 3.63) is 70.3 Å². The normalized spacial score (nSPS) is 15.4. The van der Waals surface area contributed by atoms with E-state index in [1.807, 2.05) is 13.0 Å². The highest BCUT2D eigenvalue weighted by atomic mass is 32.2. The third-order valence-electron chi connectivity index (χ3n) is 4.01. The Morgan fingerprint density at radius 2 is 1.85 bits per heavy atom. The van der Waals surface area contributed by atoms with Gasteiger partial charge in [0.15, 0.2) is 0 Å². The number of para-hydroxylation sites is 1. The Bertz CT molecular complexity index is 1030. The van der Waals surface area contributed by atoms with E-state index in [1.165, 1.54) is 17.7 Å². The Hall–Kier alpha value is -3.20. The number of anilines is 2. The lowest BCUT2D eigenvalue weighted by atomic mass is 10.3. The molecule has 0 fully saturated rings. The lowest BCUT2D eigenvalue weighted by Gasteiger charge is -2.09. The summed E-state index contributed by atoms with van der Waals surface area (Å²) in [5.74, 6) is 0. The predicted octanol–water partition coefficient (Wildman–Crippen LogP) is 3.90. The Kier molecular flexibility index (Phi) is 5.22. The number of nitro groups is 1. The van der Waals surface area contributed by atoms with Crippen molar-refractivity contribution < 1.29 is 13.3 Å². The van der Waals surface area contributed by atoms with E-state index < -0.39 is 14.9 Å². The summed E-state index contributed by atoms with van der Waals surface area (Å²) in [6.07, 6.45) is 3.59. The zero-order chi connectivity index (χ0) is 19.4. The molecule has 3 rings (SSSR count). The zero-order valence-corrected chi connectivity index (χ0v) is 15.4. The van der Waals surface area contributed by atoms with Gasteiger partial charge in [0.25, 0.3) is 15.7 Å². The van der Waals surface area contributed by atoms with Gasteiger partial charge in [-0.1, -0.05) is 23.8 Å². The molecule has 27 heavy (non-hydrogen) atoms. The minimum absolute atomic E-state index is 0.129. The first kappa shape index (κ1) is 18.6. The lowest BCUT2D eigenvalue weighted by molar-refractivity contribution is -0.384. The highest BCUT2D eigenvalue weighted by Crippen LogP contribution is 2.29. The maximum atomic E-state index is 12.5. The number of nitrogens with one attached hydrogen (secondary N) is 2. The monoisotopic (exact) mass is 386 g/mol. The van der Waals surface area contributed by atoms with E-state index in [1.54, 1.807) is 30.3 Å². The summed E-state index contributed by atoms with van der Waals surface area (Å²) >= 11 is 0. The third-order valence-corrected chi connectivity index (χ3v) is 5.39. The number of allylic oxidation sites excluding steroid dienone is 2. The maximum Gasteiger partial charge on any atom is 0.295 e. The van der Waals surface area contributed by atoms with Crippen molar-refractivity contribution in [1.29, 1.82) is 0 Å². The minimum atomic E-state index is -3.95. The third kappa shape index (κ3) is 4.50. The van der Waals surface area contributed by atoms with Crippen LogP contribution in [0.5, 0.6) is 0 Å². The molecule has 1 aliphatic rings. The van der Waals surface area contributed by atoms with E-state index in [0.717, 1.165) is 24.6 Å². The number of nitrogens with zero attached hydrogens (tertiary/aromatic N) is 2. The molecular weight excluding hydrogens is 368 g/mol. The molecule has 0 aliphatic heterocycles. The molecule has 8 nitrogen and oxygen atoms in total. The minimum Gasteiger partial charge on any atom is -0.280 e. The fourth-order valence-electron chi connectivity index (χ4n) is 2.62. The summed E-state index contributed by atoms with van der Waals surface area (Å²) in [5, 5.41) is 15.6. The van der Waals surface area contributed by atoms with Gasteiger partial charge in [0.05, 0.1) is 15.5 Å². The molecule has 2 N–H and O–H groups in total. The van der Waals surface area contributed by atoms with Crippen LogP contribution >= 0.6 is 0 Å². The van der Waals surface area contributed by atoms with E-state index in [4.69, 9.17) is 0 Å². The van der Waals surface area contributed by atoms with Gasteiger partial charge in [0, 0.05) is 11.8 Å². The summed E-state index contributed by atoms with van der Waals surface area (Å²) in [6, 6.07) is 12.0. The molecule has 0 amide bonds. The molecule has 0 bridgehead atoms. The van der Waals surface area contributed by atoms with Crippen LogP contribution in [0.3, 0.4) is 0 Å². The van der Waals surface area contributed by atoms with Gasteiger partial charge < -0.3 is 0 Å². The van der Waals surface area contributed by atoms with Crippen molar-refractivity contribution in [2.45, 2.75) is 24.7 Å². The van der Waals surface area contributed by atoms with Crippen LogP contribution < -0.4 is 10.1 Å². The molecule has 0 heterocycles. The Labute approximate surface area is 156 Å². The molecule has 0 unspecified atom stereocenters. The fraction of sp³-hybridized carbons (Fsp3) is 0.167. The first-order valence-corrected chi connectivity index (χ1v) is 9.69. The Balaban J connectivity index is 1.88. The number of rotatable bonds is 6. The number of hydrogen-bond donors (Lipinski definition) is 2. The van der Waals surface area contributed by atoms with Gasteiger partial charge >= 0.3 is 0 Å². The van der Waals surface area contributed by atoms with Gasteiger partial charge in [-0.3, -0.25) is 20.3 Å². The van der Waals surface area contributed by atoms with Crippen LogP contribution in [-0.2, 0) is 10.0 Å². The number of hydrazone groups is 1. The van der Waals surface area contributed by atoms with Crippen molar-refractivity contribution in [2.75, 3.05) is 10.1 Å². The molecule has 9 heteroatoms. The van der Waals surface area contributed by atoms with Crippen LogP contribution in [0, 0.1) is 10.1 Å². The van der Waals surface area contributed by atoms with Gasteiger partial charge in [-0.05, 0) is 50.1 Å². The van der Waals surface area contributed by atoms with Crippen LogP contribution in [0.2, 0.25) is 0 Å². The van der Waals surface area contributed by atoms with E-state index in [9.17, 15) is 18.5 Å². The van der Waals surface area contributed by atoms with Crippen LogP contribution in [0.1, 0.15) is 19.8 Å². The smallest absolute Gasteiger partial charge is 0.280 e. The number of sulfonamides is 1. The Morgan fingerprint density at radius 3 is 2.48 bits per heavy atom. The van der Waals surface area contributed by atoms with E-state index in [-0.39, 0.29) is 16.3 Å². The summed E-state index contributed by atoms with van der Waals surface area (Å²) in [4.78, 5) is 10.6. The molecule has 0 saturated heterocycles. The number of nitro benzene ring substituents is 1. The van der Waals surface area contributed by atoms with Crippen LogP contribution in [0.4, 0.5) is 17.1 Å². The average molecular weight is 386 g/mol. The van der Waals surface area contributed by atoms with E-state index in [2.05, 4.69) is 15.2 Å². The molecule has 1 aliphatic carbocycles. The second-order valence-electron chi connectivity index (χ2n) is 6.11. The topological polar surface area (TPSA) is 114 Å². The molecule has 2 aromatic rings. The highest BCUT2D eigenvalue weighted by Gasteiger charge is 2.21. The molecule has 0 atom stereocenters. The van der Waals surface area contributed by atoms with Gasteiger partial charge in [-0.2, -0.15) is 5.10 Å². The lowest BCUT2D eigenvalue weighted by Crippen LogP contribution is -2.13. The van der Waals surface area contributed by atoms with Crippen molar-refractivity contribution in [3.63, 3.8) is 0 Å². The molecule has 2 aromatic carbocycles. The zero-order valence-electron chi connectivity index (χ0n) is 14.5. The maximum absolute atomic E-state index is 12.5. The first-order valence-electron chi connectivity index (χ1n) is 8.21. The largest absolute Gasteiger partial charge is 0.295 e. The first-order chi connectivity index (χ1) is 12.8. The van der Waals surface area contributed by atoms with Crippen LogP contribution in [-0.4, -0.2) is 19.1 Å². The average Bonchev–Trinajstić information content (AvgIpc) is 3.05. The summed E-state index contributed by atoms with van der Waals surface area (Å²) in [7, 11) is -3.95. The van der Waals surface area contributed by atoms with Gasteiger partial charge in [0.2, 0.25) is 0 Å². The van der Waals surface area contributed by atoms with Gasteiger partial charge in [0.1, 0.15) is 5.69 Å². The van der Waals surface area contributed by atoms with Gasteiger partial charge in [-0.15, -0.1) is 0 Å². The molecule has 0 saturated carbocycles. The van der Waals surface area contributed by atoms with Crippen molar-refractivity contribution in [3.8, 4) is 0 Å². The summed E-state index contributed by atoms with van der Waals surface area (Å²) in [6.45, 7) is 1.99. The molecule has 0 aromatic heterocycles. The predicted molar refractivity (Wildman–Crippen MR) is 104 cm³/mol. The number of hydrogen-bond acceptors (Lipinski definition) is 6. The van der Waals surface area contributed by atoms with Crippen LogP contribution in [0.25, 0.3) is 0 Å². The number of benzene rings is 2. The SMILES string of the molecule is CC1=C/C(=N/Nc2ccc(S(=O)(=O)Nc3ccccc3)cc2[N+](=O)[O-])CC1. The second kappa shape index (κ2) is 7.58. The van der Waals surface area contributed by atoms with Crippen LogP contribution in [0.15, 0.2) is 70.2 Å². The highest BCUT2D eigenvalue weighted by molar-refractivity contribution is 7.92. The summed E-state index contributed by atoms with van der Waals surface area (Å²) < 4.78 is 27.4. The summed E-state index contributed by atoms with van der Waals surface area (Å²) in [5.41, 5.74) is 4.80. The standard InChI is InChI=1S/C18H18N4O4S/c1-13-7-8-15(11-13)19-20-17-10-9-16(12-18(17)22(23)24)27(25,26)21-14-5-3-2-4-6-14/h2-6,9-12,20-21H,7-8H2,1H3/b19-15+. The van der Waals surface area contributed by atoms with Gasteiger partial charge in [-0.25, -0.2) is 8.42 Å². The second-order valence-corrected chi connectivity index (χ2v) is 7.80. The quantitative estimate of drug-likeness (QED) is 0.577. The van der Waals surface area contributed by atoms with Crippen molar-refractivity contribution >= 4 is 32.8 Å². The molecular formula is C18H18N4O4S. The van der Waals surface area contributed by atoms with Crippen molar-refractivity contribution in [1.82, 2.24) is 0 Å². The Morgan fingerprint density at radius 1 is 1.11 bits per heavy atom. The molecule has 140 valence electrons. The molecule has 0 spiro atoms. The molecule has 0 radical (unpaired) electrons. The van der Waals surface area contributed by atoms with Crippen molar-refractivity contribution in [2.24, 2.45) is 5.10 Å².